The highest BCUT2D eigenvalue weighted by molar-refractivity contribution is 5.38. The smallest absolute Gasteiger partial charge is 0.123 e. The summed E-state index contributed by atoms with van der Waals surface area (Å²) in [6.07, 6.45) is 4.48. The molecule has 18 heavy (non-hydrogen) atoms. The van der Waals surface area contributed by atoms with Gasteiger partial charge in [-0.25, -0.2) is 0 Å². The monoisotopic (exact) mass is 244 g/mol. The molecule has 0 aliphatic rings. The molecule has 1 aromatic heterocycles. The Morgan fingerprint density at radius 3 is 2.56 bits per heavy atom. The zero-order chi connectivity index (χ0) is 12.8. The van der Waals surface area contributed by atoms with Gasteiger partial charge in [0.05, 0.1) is 0 Å². The van der Waals surface area contributed by atoms with Crippen molar-refractivity contribution in [2.24, 2.45) is 0 Å². The van der Waals surface area contributed by atoms with E-state index in [0.29, 0.717) is 6.54 Å². The Kier molecular flexibility index (Phi) is 4.15. The van der Waals surface area contributed by atoms with Crippen molar-refractivity contribution in [1.82, 2.24) is 10.3 Å². The number of aromatic nitrogens is 1. The molecular weight excluding hydrogens is 228 g/mol. The van der Waals surface area contributed by atoms with Gasteiger partial charge in [0.25, 0.3) is 0 Å². The summed E-state index contributed by atoms with van der Waals surface area (Å²) in [5.41, 5.74) is 2.01. The van der Waals surface area contributed by atoms with E-state index in [1.54, 1.807) is 24.5 Å². The second kappa shape index (κ2) is 6.02. The molecule has 2 aromatic rings. The average molecular weight is 244 g/mol. The van der Waals surface area contributed by atoms with Crippen LogP contribution in [-0.4, -0.2) is 21.7 Å². The third kappa shape index (κ3) is 3.46. The topological polar surface area (TPSA) is 65.4 Å². The third-order valence-electron chi connectivity index (χ3n) is 2.72. The number of rotatable bonds is 5. The van der Waals surface area contributed by atoms with E-state index < -0.39 is 0 Å². The van der Waals surface area contributed by atoms with Crippen LogP contribution in [0.15, 0.2) is 42.7 Å². The number of aromatic hydroxyl groups is 2. The molecule has 0 bridgehead atoms. The second-order valence-corrected chi connectivity index (χ2v) is 4.10. The minimum Gasteiger partial charge on any atom is -0.508 e. The van der Waals surface area contributed by atoms with Gasteiger partial charge in [0.15, 0.2) is 0 Å². The predicted molar refractivity (Wildman–Crippen MR) is 69.4 cm³/mol. The van der Waals surface area contributed by atoms with E-state index in [2.05, 4.69) is 10.3 Å². The summed E-state index contributed by atoms with van der Waals surface area (Å²) < 4.78 is 0. The van der Waals surface area contributed by atoms with E-state index in [1.807, 2.05) is 12.1 Å². The van der Waals surface area contributed by atoms with Crippen LogP contribution in [0.25, 0.3) is 0 Å². The summed E-state index contributed by atoms with van der Waals surface area (Å²) in [4.78, 5) is 3.96. The lowest BCUT2D eigenvalue weighted by molar-refractivity contribution is 0.444. The molecule has 1 heterocycles. The number of nitrogens with one attached hydrogen (secondary N) is 1. The Hall–Kier alpha value is -2.07. The number of benzene rings is 1. The third-order valence-corrected chi connectivity index (χ3v) is 2.72. The van der Waals surface area contributed by atoms with Crippen LogP contribution in [0.4, 0.5) is 0 Å². The SMILES string of the molecule is Oc1ccc(CNCCc2ccncc2)c(O)c1. The van der Waals surface area contributed by atoms with Crippen LogP contribution in [0.5, 0.6) is 11.5 Å². The summed E-state index contributed by atoms with van der Waals surface area (Å²) in [6.45, 7) is 1.40. The van der Waals surface area contributed by atoms with Crippen molar-refractivity contribution in [2.45, 2.75) is 13.0 Å². The lowest BCUT2D eigenvalue weighted by Crippen LogP contribution is -2.16. The molecule has 0 saturated heterocycles. The first kappa shape index (κ1) is 12.4. The number of pyridine rings is 1. The van der Waals surface area contributed by atoms with Gasteiger partial charge in [-0.05, 0) is 36.7 Å². The van der Waals surface area contributed by atoms with Crippen LogP contribution in [0.2, 0.25) is 0 Å². The quantitative estimate of drug-likeness (QED) is 0.702. The van der Waals surface area contributed by atoms with Gasteiger partial charge in [0, 0.05) is 30.6 Å². The fourth-order valence-electron chi connectivity index (χ4n) is 1.71. The summed E-state index contributed by atoms with van der Waals surface area (Å²) in [5, 5.41) is 22.0. The second-order valence-electron chi connectivity index (χ2n) is 4.10. The maximum Gasteiger partial charge on any atom is 0.123 e. The molecule has 94 valence electrons. The van der Waals surface area contributed by atoms with Crippen LogP contribution in [0.1, 0.15) is 11.1 Å². The van der Waals surface area contributed by atoms with Crippen molar-refractivity contribution >= 4 is 0 Å². The highest BCUT2D eigenvalue weighted by Gasteiger charge is 2.01. The molecular formula is C14H16N2O2. The molecule has 0 aliphatic carbocycles. The molecule has 0 amide bonds. The first-order valence-corrected chi connectivity index (χ1v) is 5.86. The number of hydrogen-bond donors (Lipinski definition) is 3. The molecule has 0 unspecified atom stereocenters. The minimum absolute atomic E-state index is 0.0769. The van der Waals surface area contributed by atoms with Crippen LogP contribution in [0, 0.1) is 0 Å². The van der Waals surface area contributed by atoms with Gasteiger partial charge < -0.3 is 15.5 Å². The molecule has 4 heteroatoms. The maximum absolute atomic E-state index is 9.60. The summed E-state index contributed by atoms with van der Waals surface area (Å²) in [6, 6.07) is 8.60. The number of nitrogens with zero attached hydrogens (tertiary/aromatic N) is 1. The first-order chi connectivity index (χ1) is 8.75. The number of phenolic OH excluding ortho intramolecular Hbond substituents is 2. The fourth-order valence-corrected chi connectivity index (χ4v) is 1.71. The molecule has 4 nitrogen and oxygen atoms in total. The summed E-state index contributed by atoms with van der Waals surface area (Å²) in [5.74, 6) is 0.194. The van der Waals surface area contributed by atoms with Gasteiger partial charge in [0.2, 0.25) is 0 Å². The normalized spacial score (nSPS) is 10.4. The Balaban J connectivity index is 1.79. The highest BCUT2D eigenvalue weighted by Crippen LogP contribution is 2.22. The van der Waals surface area contributed by atoms with Crippen molar-refractivity contribution in [2.75, 3.05) is 6.54 Å². The Bertz CT molecular complexity index is 500. The zero-order valence-corrected chi connectivity index (χ0v) is 10.0. The molecule has 0 fully saturated rings. The van der Waals surface area contributed by atoms with Gasteiger partial charge >= 0.3 is 0 Å². The van der Waals surface area contributed by atoms with E-state index in [0.717, 1.165) is 18.5 Å². The van der Waals surface area contributed by atoms with Gasteiger partial charge in [-0.3, -0.25) is 4.98 Å². The maximum atomic E-state index is 9.60. The van der Waals surface area contributed by atoms with E-state index in [9.17, 15) is 10.2 Å². The molecule has 2 rings (SSSR count). The van der Waals surface area contributed by atoms with E-state index in [4.69, 9.17) is 0 Å². The summed E-state index contributed by atoms with van der Waals surface area (Å²) in [7, 11) is 0. The van der Waals surface area contributed by atoms with Crippen molar-refractivity contribution < 1.29 is 10.2 Å². The van der Waals surface area contributed by atoms with E-state index in [-0.39, 0.29) is 11.5 Å². The van der Waals surface area contributed by atoms with Gasteiger partial charge in [-0.2, -0.15) is 0 Å². The number of phenols is 2. The van der Waals surface area contributed by atoms with Gasteiger partial charge in [-0.15, -0.1) is 0 Å². The van der Waals surface area contributed by atoms with Crippen LogP contribution in [0.3, 0.4) is 0 Å². The van der Waals surface area contributed by atoms with Crippen molar-refractivity contribution in [3.8, 4) is 11.5 Å². The van der Waals surface area contributed by atoms with Crippen LogP contribution >= 0.6 is 0 Å². The Labute approximate surface area is 106 Å². The molecule has 3 N–H and O–H groups in total. The molecule has 0 spiro atoms. The number of hydrogen-bond acceptors (Lipinski definition) is 4. The zero-order valence-electron chi connectivity index (χ0n) is 10.0. The van der Waals surface area contributed by atoms with Gasteiger partial charge in [-0.1, -0.05) is 6.07 Å². The first-order valence-electron chi connectivity index (χ1n) is 5.86. The van der Waals surface area contributed by atoms with Crippen molar-refractivity contribution in [3.63, 3.8) is 0 Å². The Morgan fingerprint density at radius 1 is 1.06 bits per heavy atom. The predicted octanol–water partition coefficient (Wildman–Crippen LogP) is 1.83. The van der Waals surface area contributed by atoms with E-state index in [1.165, 1.54) is 11.6 Å². The molecule has 0 saturated carbocycles. The molecule has 0 atom stereocenters. The van der Waals surface area contributed by atoms with E-state index >= 15 is 0 Å². The highest BCUT2D eigenvalue weighted by atomic mass is 16.3. The Morgan fingerprint density at radius 2 is 1.83 bits per heavy atom. The molecule has 0 aliphatic heterocycles. The van der Waals surface area contributed by atoms with Gasteiger partial charge in [0.1, 0.15) is 11.5 Å². The largest absolute Gasteiger partial charge is 0.508 e. The molecule has 1 aromatic carbocycles. The minimum atomic E-state index is 0.0769. The standard InChI is InChI=1S/C14H16N2O2/c17-13-2-1-12(14(18)9-13)10-16-8-5-11-3-6-15-7-4-11/h1-4,6-7,9,16-18H,5,8,10H2. The van der Waals surface area contributed by atoms with Crippen molar-refractivity contribution in [3.05, 3.63) is 53.9 Å². The van der Waals surface area contributed by atoms with Crippen molar-refractivity contribution in [1.29, 1.82) is 0 Å². The van der Waals surface area contributed by atoms with Crippen LogP contribution < -0.4 is 5.32 Å². The summed E-state index contributed by atoms with van der Waals surface area (Å²) >= 11 is 0. The van der Waals surface area contributed by atoms with Crippen LogP contribution in [-0.2, 0) is 13.0 Å². The molecule has 0 radical (unpaired) electrons. The average Bonchev–Trinajstić information content (AvgIpc) is 2.38. The lowest BCUT2D eigenvalue weighted by Gasteiger charge is -2.07. The fraction of sp³-hybridized carbons (Fsp3) is 0.214. The lowest BCUT2D eigenvalue weighted by atomic mass is 10.1.